The molecule has 0 amide bonds. The molecular formula is C8H2BrF6NO3. The summed E-state index contributed by atoms with van der Waals surface area (Å²) in [6.45, 7) is 0. The lowest BCUT2D eigenvalue weighted by atomic mass is 10.1. The third-order valence-corrected chi connectivity index (χ3v) is 2.59. The molecule has 1 aromatic carbocycles. The predicted octanol–water partition coefficient (Wildman–Crippen LogP) is 4.27. The van der Waals surface area contributed by atoms with E-state index in [1.807, 2.05) is 0 Å². The van der Waals surface area contributed by atoms with E-state index in [4.69, 9.17) is 0 Å². The average Bonchev–Trinajstić information content (AvgIpc) is 2.11. The second kappa shape index (κ2) is 4.87. The smallest absolute Gasteiger partial charge is 0.405 e. The third kappa shape index (κ3) is 3.72. The van der Waals surface area contributed by atoms with E-state index in [0.29, 0.717) is 6.07 Å². The highest BCUT2D eigenvalue weighted by molar-refractivity contribution is 9.10. The number of nitro groups is 1. The molecule has 1 rings (SSSR count). The molecule has 106 valence electrons. The Morgan fingerprint density at radius 1 is 1.16 bits per heavy atom. The van der Waals surface area contributed by atoms with Gasteiger partial charge in [0.2, 0.25) is 0 Å². The molecule has 19 heavy (non-hydrogen) atoms. The monoisotopic (exact) mass is 353 g/mol. The first-order chi connectivity index (χ1) is 8.43. The molecule has 0 saturated carbocycles. The molecule has 0 aromatic heterocycles. The van der Waals surface area contributed by atoms with Gasteiger partial charge >= 0.3 is 12.5 Å². The summed E-state index contributed by atoms with van der Waals surface area (Å²) in [5.41, 5.74) is -2.93. The SMILES string of the molecule is O=[N+]([O-])c1ccc(OC(F)(F)F)c(C(F)(F)F)c1Br. The van der Waals surface area contributed by atoms with Gasteiger partial charge in [-0.05, 0) is 22.0 Å². The number of benzene rings is 1. The summed E-state index contributed by atoms with van der Waals surface area (Å²) in [6, 6.07) is 0.708. The summed E-state index contributed by atoms with van der Waals surface area (Å²) >= 11 is 2.27. The van der Waals surface area contributed by atoms with Crippen LogP contribution < -0.4 is 4.74 Å². The zero-order chi connectivity index (χ0) is 15.0. The van der Waals surface area contributed by atoms with Crippen LogP contribution in [-0.2, 0) is 6.18 Å². The topological polar surface area (TPSA) is 52.4 Å². The first-order valence-corrected chi connectivity index (χ1v) is 5.02. The Hall–Kier alpha value is -1.52. The fourth-order valence-electron chi connectivity index (χ4n) is 1.16. The standard InChI is InChI=1S/C8H2BrF6NO3/c9-6-3(16(17)18)1-2-4(19-8(13,14)15)5(6)7(10,11)12/h1-2H. The molecular weight excluding hydrogens is 352 g/mol. The first kappa shape index (κ1) is 15.5. The lowest BCUT2D eigenvalue weighted by Gasteiger charge is -2.16. The van der Waals surface area contributed by atoms with E-state index in [0.717, 1.165) is 0 Å². The van der Waals surface area contributed by atoms with Crippen molar-refractivity contribution in [2.75, 3.05) is 0 Å². The fourth-order valence-corrected chi connectivity index (χ4v) is 1.86. The van der Waals surface area contributed by atoms with Crippen molar-refractivity contribution in [2.45, 2.75) is 12.5 Å². The van der Waals surface area contributed by atoms with E-state index in [1.165, 1.54) is 0 Å². The molecule has 1 aromatic rings. The van der Waals surface area contributed by atoms with Crippen molar-refractivity contribution in [3.63, 3.8) is 0 Å². The Labute approximate surface area is 109 Å². The summed E-state index contributed by atoms with van der Waals surface area (Å²) in [6.07, 6.45) is -10.6. The molecule has 4 nitrogen and oxygen atoms in total. The average molecular weight is 354 g/mol. The van der Waals surface area contributed by atoms with Gasteiger partial charge in [-0.1, -0.05) is 0 Å². The van der Waals surface area contributed by atoms with Crippen LogP contribution in [0.4, 0.5) is 32.0 Å². The van der Waals surface area contributed by atoms with E-state index in [9.17, 15) is 36.5 Å². The van der Waals surface area contributed by atoms with E-state index in [1.54, 1.807) is 0 Å². The molecule has 0 radical (unpaired) electrons. The normalized spacial score (nSPS) is 12.4. The van der Waals surface area contributed by atoms with Gasteiger partial charge in [0.05, 0.1) is 4.92 Å². The van der Waals surface area contributed by atoms with E-state index in [-0.39, 0.29) is 6.07 Å². The Bertz CT molecular complexity index is 512. The summed E-state index contributed by atoms with van der Waals surface area (Å²) in [5.74, 6) is -1.57. The summed E-state index contributed by atoms with van der Waals surface area (Å²) < 4.78 is 75.8. The van der Waals surface area contributed by atoms with Crippen LogP contribution in [0.3, 0.4) is 0 Å². The number of ether oxygens (including phenoxy) is 1. The fraction of sp³-hybridized carbons (Fsp3) is 0.250. The van der Waals surface area contributed by atoms with Gasteiger partial charge in [0.15, 0.2) is 0 Å². The van der Waals surface area contributed by atoms with Gasteiger partial charge in [-0.2, -0.15) is 13.2 Å². The minimum absolute atomic E-state index is 0.235. The molecule has 0 bridgehead atoms. The molecule has 0 fully saturated rings. The van der Waals surface area contributed by atoms with E-state index < -0.39 is 38.9 Å². The molecule has 0 spiro atoms. The number of nitro benzene ring substituents is 1. The third-order valence-electron chi connectivity index (χ3n) is 1.79. The van der Waals surface area contributed by atoms with Crippen molar-refractivity contribution in [1.29, 1.82) is 0 Å². The van der Waals surface area contributed by atoms with Crippen LogP contribution in [0.15, 0.2) is 16.6 Å². The quantitative estimate of drug-likeness (QED) is 0.453. The number of hydrogen-bond acceptors (Lipinski definition) is 3. The van der Waals surface area contributed by atoms with Crippen molar-refractivity contribution < 1.29 is 36.0 Å². The minimum Gasteiger partial charge on any atom is -0.405 e. The predicted molar refractivity (Wildman–Crippen MR) is 52.5 cm³/mol. The molecule has 0 heterocycles. The zero-order valence-corrected chi connectivity index (χ0v) is 10.1. The van der Waals surface area contributed by atoms with Gasteiger partial charge in [-0.25, -0.2) is 0 Å². The molecule has 0 saturated heterocycles. The Balaban J connectivity index is 3.50. The molecule has 0 N–H and O–H groups in total. The largest absolute Gasteiger partial charge is 0.573 e. The van der Waals surface area contributed by atoms with Crippen molar-refractivity contribution in [1.82, 2.24) is 0 Å². The summed E-state index contributed by atoms with van der Waals surface area (Å²) in [7, 11) is 0. The van der Waals surface area contributed by atoms with Gasteiger partial charge < -0.3 is 4.74 Å². The van der Waals surface area contributed by atoms with Gasteiger partial charge in [0, 0.05) is 6.07 Å². The maximum Gasteiger partial charge on any atom is 0.573 e. The lowest BCUT2D eigenvalue weighted by Crippen LogP contribution is -2.20. The Morgan fingerprint density at radius 2 is 1.68 bits per heavy atom. The summed E-state index contributed by atoms with van der Waals surface area (Å²) in [4.78, 5) is 9.27. The molecule has 0 aliphatic rings. The Kier molecular flexibility index (Phi) is 3.98. The van der Waals surface area contributed by atoms with Gasteiger partial charge in [0.1, 0.15) is 15.8 Å². The van der Waals surface area contributed by atoms with Crippen LogP contribution in [-0.4, -0.2) is 11.3 Å². The molecule has 0 atom stereocenters. The van der Waals surface area contributed by atoms with Crippen molar-refractivity contribution in [3.8, 4) is 5.75 Å². The van der Waals surface area contributed by atoms with Crippen molar-refractivity contribution in [3.05, 3.63) is 32.3 Å². The van der Waals surface area contributed by atoms with Gasteiger partial charge in [-0.3, -0.25) is 10.1 Å². The lowest BCUT2D eigenvalue weighted by molar-refractivity contribution is -0.386. The first-order valence-electron chi connectivity index (χ1n) is 4.23. The highest BCUT2D eigenvalue weighted by Gasteiger charge is 2.43. The maximum absolute atomic E-state index is 12.6. The van der Waals surface area contributed by atoms with Crippen LogP contribution in [0, 0.1) is 10.1 Å². The number of hydrogen-bond donors (Lipinski definition) is 0. The van der Waals surface area contributed by atoms with Crippen LogP contribution in [0.5, 0.6) is 5.75 Å². The second-order valence-electron chi connectivity index (χ2n) is 3.07. The highest BCUT2D eigenvalue weighted by atomic mass is 79.9. The van der Waals surface area contributed by atoms with E-state index in [2.05, 4.69) is 20.7 Å². The van der Waals surface area contributed by atoms with Crippen molar-refractivity contribution >= 4 is 21.6 Å². The Morgan fingerprint density at radius 3 is 2.05 bits per heavy atom. The minimum atomic E-state index is -5.35. The van der Waals surface area contributed by atoms with Crippen LogP contribution in [0.1, 0.15) is 5.56 Å². The van der Waals surface area contributed by atoms with E-state index >= 15 is 0 Å². The molecule has 0 aliphatic heterocycles. The molecule has 0 unspecified atom stereocenters. The van der Waals surface area contributed by atoms with Gasteiger partial charge in [-0.15, -0.1) is 13.2 Å². The number of rotatable bonds is 2. The molecule has 0 aliphatic carbocycles. The number of alkyl halides is 6. The number of halogens is 7. The molecule has 11 heteroatoms. The second-order valence-corrected chi connectivity index (χ2v) is 3.87. The zero-order valence-electron chi connectivity index (χ0n) is 8.47. The van der Waals surface area contributed by atoms with Gasteiger partial charge in [0.25, 0.3) is 5.69 Å². The summed E-state index contributed by atoms with van der Waals surface area (Å²) in [5, 5.41) is 10.4. The van der Waals surface area contributed by atoms with Crippen LogP contribution >= 0.6 is 15.9 Å². The van der Waals surface area contributed by atoms with Crippen molar-refractivity contribution in [2.24, 2.45) is 0 Å². The van der Waals surface area contributed by atoms with Crippen LogP contribution in [0.2, 0.25) is 0 Å². The van der Waals surface area contributed by atoms with Crippen LogP contribution in [0.25, 0.3) is 0 Å². The maximum atomic E-state index is 12.6. The number of nitrogens with zero attached hydrogens (tertiary/aromatic N) is 1. The highest BCUT2D eigenvalue weighted by Crippen LogP contribution is 2.46.